The van der Waals surface area contributed by atoms with E-state index in [0.29, 0.717) is 42.6 Å². The van der Waals surface area contributed by atoms with Gasteiger partial charge in [-0.05, 0) is 49.4 Å². The lowest BCUT2D eigenvalue weighted by Gasteiger charge is -2.35. The van der Waals surface area contributed by atoms with Crippen molar-refractivity contribution in [3.05, 3.63) is 66.2 Å². The highest BCUT2D eigenvalue weighted by Crippen LogP contribution is 2.47. The van der Waals surface area contributed by atoms with E-state index < -0.39 is 12.5 Å². The topological polar surface area (TPSA) is 103 Å². The van der Waals surface area contributed by atoms with E-state index in [4.69, 9.17) is 9.47 Å². The van der Waals surface area contributed by atoms with Gasteiger partial charge in [0.25, 0.3) is 0 Å². The zero-order chi connectivity index (χ0) is 22.8. The fourth-order valence-electron chi connectivity index (χ4n) is 4.52. The summed E-state index contributed by atoms with van der Waals surface area (Å²) in [6, 6.07) is 8.62. The molecule has 1 fully saturated rings. The molecule has 3 heterocycles. The Morgan fingerprint density at radius 3 is 2.70 bits per heavy atom. The van der Waals surface area contributed by atoms with Gasteiger partial charge in [0, 0.05) is 41.8 Å². The number of nitrogens with one attached hydrogen (secondary N) is 1. The van der Waals surface area contributed by atoms with Crippen molar-refractivity contribution in [2.45, 2.75) is 31.3 Å². The van der Waals surface area contributed by atoms with Crippen molar-refractivity contribution < 1.29 is 23.5 Å². The van der Waals surface area contributed by atoms with Crippen LogP contribution in [0.15, 0.2) is 55.1 Å². The smallest absolute Gasteiger partial charge is 0.339 e. The molecule has 1 N–H and O–H groups in total. The van der Waals surface area contributed by atoms with Crippen molar-refractivity contribution in [3.63, 3.8) is 0 Å². The minimum absolute atomic E-state index is 0.160. The first-order valence-electron chi connectivity index (χ1n) is 10.7. The molecule has 2 aliphatic rings. The van der Waals surface area contributed by atoms with Crippen LogP contribution < -0.4 is 10.1 Å². The largest absolute Gasteiger partial charge is 0.463 e. The molecule has 9 heteroatoms. The highest BCUT2D eigenvalue weighted by molar-refractivity contribution is 5.95. The van der Waals surface area contributed by atoms with Crippen LogP contribution in [0.5, 0.6) is 5.75 Å². The number of rotatable bonds is 5. The summed E-state index contributed by atoms with van der Waals surface area (Å²) in [6.45, 7) is -0.904. The van der Waals surface area contributed by atoms with Crippen molar-refractivity contribution in [2.75, 3.05) is 12.2 Å². The number of amides is 1. The summed E-state index contributed by atoms with van der Waals surface area (Å²) in [5.74, 6) is -0.0963. The average molecular weight is 448 g/mol. The molecule has 0 saturated heterocycles. The lowest BCUT2D eigenvalue weighted by molar-refractivity contribution is -0.122. The van der Waals surface area contributed by atoms with Gasteiger partial charge in [-0.15, -0.1) is 0 Å². The number of pyridine rings is 1. The summed E-state index contributed by atoms with van der Waals surface area (Å²) in [4.78, 5) is 37.6. The van der Waals surface area contributed by atoms with Crippen molar-refractivity contribution in [2.24, 2.45) is 5.92 Å². The molecule has 0 unspecified atom stereocenters. The van der Waals surface area contributed by atoms with E-state index >= 15 is 0 Å². The Balaban J connectivity index is 1.22. The van der Waals surface area contributed by atoms with Gasteiger partial charge >= 0.3 is 5.97 Å². The molecule has 1 saturated carbocycles. The quantitative estimate of drug-likeness (QED) is 0.588. The standard InChI is InChI=1S/C24H21FN4O4/c25-14-32-18-3-1-2-16(10-18)17-11-27-23(28-12-17)29-21(30)15-4-7-24(8-5-15)20-13-26-9-6-19(20)22(31)33-24/h1-3,6,9-13,15H,4-5,7-8,14H2,(H,27,28,29,30)/t15-,24+. The van der Waals surface area contributed by atoms with Gasteiger partial charge in [-0.3, -0.25) is 15.1 Å². The van der Waals surface area contributed by atoms with Gasteiger partial charge in [0.1, 0.15) is 11.4 Å². The minimum atomic E-state index is -0.904. The Hall–Kier alpha value is -3.88. The number of anilines is 1. The third-order valence-corrected chi connectivity index (χ3v) is 6.26. The van der Waals surface area contributed by atoms with Crippen LogP contribution in [0.25, 0.3) is 11.1 Å². The molecule has 1 spiro atoms. The van der Waals surface area contributed by atoms with Gasteiger partial charge in [0.2, 0.25) is 18.7 Å². The zero-order valence-electron chi connectivity index (χ0n) is 17.7. The normalized spacial score (nSPS) is 21.4. The van der Waals surface area contributed by atoms with Crippen molar-refractivity contribution in [3.8, 4) is 16.9 Å². The Morgan fingerprint density at radius 1 is 1.15 bits per heavy atom. The Morgan fingerprint density at radius 2 is 1.94 bits per heavy atom. The molecule has 0 bridgehead atoms. The van der Waals surface area contributed by atoms with Gasteiger partial charge in [0.05, 0.1) is 5.56 Å². The lowest BCUT2D eigenvalue weighted by atomic mass is 9.75. The molecule has 8 nitrogen and oxygen atoms in total. The van der Waals surface area contributed by atoms with Crippen LogP contribution >= 0.6 is 0 Å². The maximum absolute atomic E-state index is 12.8. The van der Waals surface area contributed by atoms with E-state index in [9.17, 15) is 14.0 Å². The number of halogens is 1. The van der Waals surface area contributed by atoms with E-state index in [0.717, 1.165) is 11.1 Å². The van der Waals surface area contributed by atoms with E-state index in [1.807, 2.05) is 6.07 Å². The molecule has 0 atom stereocenters. The summed E-state index contributed by atoms with van der Waals surface area (Å²) in [7, 11) is 0. The number of carbonyl (C=O) groups excluding carboxylic acids is 2. The van der Waals surface area contributed by atoms with Gasteiger partial charge < -0.3 is 9.47 Å². The zero-order valence-corrected chi connectivity index (χ0v) is 17.7. The van der Waals surface area contributed by atoms with E-state index in [1.54, 1.807) is 49.1 Å². The van der Waals surface area contributed by atoms with E-state index in [2.05, 4.69) is 20.3 Å². The number of hydrogen-bond donors (Lipinski definition) is 1. The van der Waals surface area contributed by atoms with Crippen molar-refractivity contribution >= 4 is 17.8 Å². The molecule has 1 aliphatic carbocycles. The Labute approximate surface area is 189 Å². The summed E-state index contributed by atoms with van der Waals surface area (Å²) < 4.78 is 23.0. The minimum Gasteiger partial charge on any atom is -0.463 e. The number of aromatic nitrogens is 3. The number of ether oxygens (including phenoxy) is 2. The van der Waals surface area contributed by atoms with E-state index in [-0.39, 0.29) is 23.7 Å². The predicted octanol–water partition coefficient (Wildman–Crippen LogP) is 4.04. The summed E-state index contributed by atoms with van der Waals surface area (Å²) in [5, 5.41) is 2.77. The van der Waals surface area contributed by atoms with Gasteiger partial charge in [-0.2, -0.15) is 0 Å². The number of hydrogen-bond acceptors (Lipinski definition) is 7. The second-order valence-corrected chi connectivity index (χ2v) is 8.15. The maximum Gasteiger partial charge on any atom is 0.339 e. The molecule has 33 heavy (non-hydrogen) atoms. The first-order valence-corrected chi connectivity index (χ1v) is 10.7. The summed E-state index contributed by atoms with van der Waals surface area (Å²) >= 11 is 0. The molecular weight excluding hydrogens is 427 g/mol. The third kappa shape index (κ3) is 4.02. The monoisotopic (exact) mass is 448 g/mol. The van der Waals surface area contributed by atoms with Crippen LogP contribution in [0.4, 0.5) is 10.3 Å². The Bertz CT molecular complexity index is 1190. The predicted molar refractivity (Wildman–Crippen MR) is 116 cm³/mol. The van der Waals surface area contributed by atoms with Gasteiger partial charge in [-0.1, -0.05) is 12.1 Å². The van der Waals surface area contributed by atoms with Crippen molar-refractivity contribution in [1.29, 1.82) is 0 Å². The third-order valence-electron chi connectivity index (χ3n) is 6.26. The van der Waals surface area contributed by atoms with Gasteiger partial charge in [-0.25, -0.2) is 19.2 Å². The second kappa shape index (κ2) is 8.57. The van der Waals surface area contributed by atoms with Crippen LogP contribution in [0.2, 0.25) is 0 Å². The fourth-order valence-corrected chi connectivity index (χ4v) is 4.52. The molecule has 168 valence electrons. The number of carbonyl (C=O) groups is 2. The molecule has 1 amide bonds. The molecular formula is C24H21FN4O4. The molecule has 2 aromatic heterocycles. The number of nitrogens with zero attached hydrogens (tertiary/aromatic N) is 3. The van der Waals surface area contributed by atoms with Crippen LogP contribution in [0.3, 0.4) is 0 Å². The highest BCUT2D eigenvalue weighted by Gasteiger charge is 2.48. The lowest BCUT2D eigenvalue weighted by Crippen LogP contribution is -2.36. The molecule has 1 aromatic carbocycles. The molecule has 1 aliphatic heterocycles. The first kappa shape index (κ1) is 21.0. The number of benzene rings is 1. The highest BCUT2D eigenvalue weighted by atomic mass is 19.1. The molecule has 3 aromatic rings. The number of alkyl halides is 1. The average Bonchev–Trinajstić information content (AvgIpc) is 3.12. The second-order valence-electron chi connectivity index (χ2n) is 8.15. The SMILES string of the molecule is O=C1O[C@]2(CC[C@@H](C(=O)Nc3ncc(-c4cccc(OCF)c4)cn3)CC2)c2cnccc21. The molecule has 0 radical (unpaired) electrons. The first-order chi connectivity index (χ1) is 16.1. The Kier molecular flexibility index (Phi) is 5.45. The number of esters is 1. The van der Waals surface area contributed by atoms with Crippen LogP contribution in [-0.2, 0) is 15.1 Å². The summed E-state index contributed by atoms with van der Waals surface area (Å²) in [6.07, 6.45) is 8.73. The van der Waals surface area contributed by atoms with Crippen molar-refractivity contribution in [1.82, 2.24) is 15.0 Å². The van der Waals surface area contributed by atoms with E-state index in [1.165, 1.54) is 0 Å². The summed E-state index contributed by atoms with van der Waals surface area (Å²) in [5.41, 5.74) is 2.18. The van der Waals surface area contributed by atoms with Crippen LogP contribution in [-0.4, -0.2) is 33.7 Å². The fraction of sp³-hybridized carbons (Fsp3) is 0.292. The maximum atomic E-state index is 12.8. The van der Waals surface area contributed by atoms with Gasteiger partial charge in [0.15, 0.2) is 0 Å². The van der Waals surface area contributed by atoms with Crippen LogP contribution in [0.1, 0.15) is 41.6 Å². The molecule has 5 rings (SSSR count). The van der Waals surface area contributed by atoms with Crippen LogP contribution in [0, 0.1) is 5.92 Å². The number of fused-ring (bicyclic) bond motifs is 2.